The molecule has 0 radical (unpaired) electrons. The zero-order valence-electron chi connectivity index (χ0n) is 27.1. The summed E-state index contributed by atoms with van der Waals surface area (Å²) in [5.41, 5.74) is 2.99. The van der Waals surface area contributed by atoms with Crippen LogP contribution in [0.1, 0.15) is 61.2 Å². The SMILES string of the molecule is C[C@H](Cc1ccc(OCCCCOc2ccc(C[C@@H](C)NC(=O)[C@H](O)c3cccc(Cl)c3)cc2)cc1)NC(=O)[C@H](O)c1cccc(Cl)c1. The van der Waals surface area contributed by atoms with Crippen molar-refractivity contribution in [2.24, 2.45) is 0 Å². The Balaban J connectivity index is 1.08. The molecule has 4 aromatic carbocycles. The third-order valence-electron chi connectivity index (χ3n) is 7.61. The van der Waals surface area contributed by atoms with Gasteiger partial charge in [-0.2, -0.15) is 0 Å². The molecule has 0 spiro atoms. The number of halogens is 2. The summed E-state index contributed by atoms with van der Waals surface area (Å²) >= 11 is 11.9. The second-order valence-electron chi connectivity index (χ2n) is 11.8. The number of hydrogen-bond donors (Lipinski definition) is 4. The Hall–Kier alpha value is -4.08. The molecular formula is C38H42Cl2N2O6. The normalized spacial score (nSPS) is 13.5. The number of carbonyl (C=O) groups excluding carboxylic acids is 2. The molecule has 0 aromatic heterocycles. The number of aliphatic hydroxyl groups is 2. The number of aliphatic hydroxyl groups excluding tert-OH is 2. The highest BCUT2D eigenvalue weighted by Crippen LogP contribution is 2.20. The number of amides is 2. The molecule has 4 rings (SSSR count). The minimum atomic E-state index is -1.28. The van der Waals surface area contributed by atoms with E-state index in [2.05, 4.69) is 10.6 Å². The molecule has 48 heavy (non-hydrogen) atoms. The molecule has 4 atom stereocenters. The van der Waals surface area contributed by atoms with E-state index in [1.165, 1.54) is 0 Å². The van der Waals surface area contributed by atoms with E-state index in [-0.39, 0.29) is 12.1 Å². The van der Waals surface area contributed by atoms with Gasteiger partial charge in [-0.25, -0.2) is 0 Å². The predicted octanol–water partition coefficient (Wildman–Crippen LogP) is 6.79. The van der Waals surface area contributed by atoms with Crippen LogP contribution in [0.5, 0.6) is 11.5 Å². The first-order valence-electron chi connectivity index (χ1n) is 16.0. The van der Waals surface area contributed by atoms with Gasteiger partial charge in [-0.05, 0) is 110 Å². The molecule has 4 aromatic rings. The maximum Gasteiger partial charge on any atom is 0.253 e. The van der Waals surface area contributed by atoms with Gasteiger partial charge in [-0.3, -0.25) is 9.59 Å². The first-order chi connectivity index (χ1) is 23.1. The standard InChI is InChI=1S/C38H42Cl2N2O6/c1-25(41-37(45)35(43)29-7-5-9-31(39)23-29)21-27-11-15-33(16-12-27)47-19-3-4-20-48-34-17-13-28(14-18-34)22-26(2)42-38(46)36(44)30-8-6-10-32(40)24-30/h5-18,23-26,35-36,43-44H,3-4,19-22H2,1-2H3,(H,41,45)(H,42,46)/t25-,26-,35-,36-/m1/s1. The van der Waals surface area contributed by atoms with Gasteiger partial charge in [0.05, 0.1) is 13.2 Å². The van der Waals surface area contributed by atoms with E-state index < -0.39 is 24.0 Å². The lowest BCUT2D eigenvalue weighted by atomic mass is 10.1. The van der Waals surface area contributed by atoms with Crippen LogP contribution in [-0.2, 0) is 22.4 Å². The molecule has 0 unspecified atom stereocenters. The lowest BCUT2D eigenvalue weighted by Crippen LogP contribution is -2.37. The van der Waals surface area contributed by atoms with E-state index in [9.17, 15) is 19.8 Å². The Kier molecular flexibility index (Phi) is 14.1. The Bertz CT molecular complexity index is 1500. The lowest BCUT2D eigenvalue weighted by Gasteiger charge is -2.18. The van der Waals surface area contributed by atoms with Gasteiger partial charge < -0.3 is 30.3 Å². The van der Waals surface area contributed by atoms with Crippen molar-refractivity contribution >= 4 is 35.0 Å². The molecule has 0 saturated heterocycles. The summed E-state index contributed by atoms with van der Waals surface area (Å²) in [6.45, 7) is 4.91. The van der Waals surface area contributed by atoms with E-state index in [0.717, 1.165) is 35.5 Å². The van der Waals surface area contributed by atoms with Crippen molar-refractivity contribution in [3.05, 3.63) is 129 Å². The third-order valence-corrected chi connectivity index (χ3v) is 8.08. The first kappa shape index (κ1) is 36.8. The average Bonchev–Trinajstić information content (AvgIpc) is 3.07. The largest absolute Gasteiger partial charge is 0.494 e. The van der Waals surface area contributed by atoms with E-state index in [1.54, 1.807) is 48.5 Å². The van der Waals surface area contributed by atoms with Gasteiger partial charge >= 0.3 is 0 Å². The van der Waals surface area contributed by atoms with Crippen LogP contribution in [0.25, 0.3) is 0 Å². The molecule has 2 amide bonds. The molecule has 0 saturated carbocycles. The number of nitrogens with one attached hydrogen (secondary N) is 2. The maximum absolute atomic E-state index is 12.5. The van der Waals surface area contributed by atoms with Crippen molar-refractivity contribution in [3.63, 3.8) is 0 Å². The van der Waals surface area contributed by atoms with Crippen LogP contribution in [0, 0.1) is 0 Å². The summed E-state index contributed by atoms with van der Waals surface area (Å²) in [6, 6.07) is 28.4. The van der Waals surface area contributed by atoms with Crippen LogP contribution in [0.4, 0.5) is 0 Å². The fourth-order valence-corrected chi connectivity index (χ4v) is 5.53. The van der Waals surface area contributed by atoms with Crippen molar-refractivity contribution < 1.29 is 29.3 Å². The number of benzene rings is 4. The molecule has 0 aliphatic heterocycles. The monoisotopic (exact) mass is 692 g/mol. The van der Waals surface area contributed by atoms with Crippen LogP contribution < -0.4 is 20.1 Å². The Morgan fingerprint density at radius 3 is 1.35 bits per heavy atom. The van der Waals surface area contributed by atoms with Gasteiger partial charge in [-0.15, -0.1) is 0 Å². The molecule has 0 fully saturated rings. The van der Waals surface area contributed by atoms with Crippen molar-refractivity contribution in [3.8, 4) is 11.5 Å². The molecule has 8 nitrogen and oxygen atoms in total. The van der Waals surface area contributed by atoms with Gasteiger partial charge in [0, 0.05) is 22.1 Å². The molecule has 4 N–H and O–H groups in total. The Labute approximate surface area is 292 Å². The van der Waals surface area contributed by atoms with Crippen molar-refractivity contribution in [1.82, 2.24) is 10.6 Å². The fraction of sp³-hybridized carbons (Fsp3) is 0.316. The molecule has 0 aliphatic carbocycles. The van der Waals surface area contributed by atoms with Crippen molar-refractivity contribution in [1.29, 1.82) is 0 Å². The Morgan fingerprint density at radius 1 is 0.625 bits per heavy atom. The van der Waals surface area contributed by atoms with Crippen LogP contribution >= 0.6 is 23.2 Å². The maximum atomic E-state index is 12.5. The van der Waals surface area contributed by atoms with Crippen LogP contribution in [0.2, 0.25) is 10.0 Å². The second-order valence-corrected chi connectivity index (χ2v) is 12.7. The van der Waals surface area contributed by atoms with Crippen molar-refractivity contribution in [2.75, 3.05) is 13.2 Å². The van der Waals surface area contributed by atoms with Gasteiger partial charge in [0.25, 0.3) is 11.8 Å². The Morgan fingerprint density at radius 2 is 1.00 bits per heavy atom. The lowest BCUT2D eigenvalue weighted by molar-refractivity contribution is -0.130. The minimum absolute atomic E-state index is 0.175. The van der Waals surface area contributed by atoms with E-state index in [0.29, 0.717) is 47.2 Å². The van der Waals surface area contributed by atoms with E-state index >= 15 is 0 Å². The van der Waals surface area contributed by atoms with E-state index in [4.69, 9.17) is 32.7 Å². The first-order valence-corrected chi connectivity index (χ1v) is 16.7. The predicted molar refractivity (Wildman–Crippen MR) is 189 cm³/mol. The molecule has 0 bridgehead atoms. The molecule has 0 aliphatic rings. The molecule has 10 heteroatoms. The fourth-order valence-electron chi connectivity index (χ4n) is 5.14. The van der Waals surface area contributed by atoms with Gasteiger partial charge in [0.15, 0.2) is 12.2 Å². The van der Waals surface area contributed by atoms with Gasteiger partial charge in [-0.1, -0.05) is 71.7 Å². The highest BCUT2D eigenvalue weighted by Gasteiger charge is 2.20. The summed E-state index contributed by atoms with van der Waals surface area (Å²) in [6.07, 6.45) is 0.317. The number of rotatable bonds is 17. The van der Waals surface area contributed by atoms with Crippen molar-refractivity contribution in [2.45, 2.75) is 63.8 Å². The number of carbonyl (C=O) groups is 2. The minimum Gasteiger partial charge on any atom is -0.494 e. The second kappa shape index (κ2) is 18.5. The zero-order valence-corrected chi connectivity index (χ0v) is 28.6. The summed E-state index contributed by atoms with van der Waals surface area (Å²) < 4.78 is 11.8. The molecular weight excluding hydrogens is 651 g/mol. The van der Waals surface area contributed by atoms with Crippen LogP contribution in [0.3, 0.4) is 0 Å². The number of hydrogen-bond acceptors (Lipinski definition) is 6. The van der Waals surface area contributed by atoms with Crippen LogP contribution in [0.15, 0.2) is 97.1 Å². The third kappa shape index (κ3) is 11.9. The topological polar surface area (TPSA) is 117 Å². The highest BCUT2D eigenvalue weighted by atomic mass is 35.5. The quantitative estimate of drug-likeness (QED) is 0.0906. The number of unbranched alkanes of at least 4 members (excludes halogenated alkanes) is 1. The summed E-state index contributed by atoms with van der Waals surface area (Å²) in [4.78, 5) is 24.9. The van der Waals surface area contributed by atoms with Crippen LogP contribution in [-0.4, -0.2) is 47.3 Å². The molecule has 0 heterocycles. The highest BCUT2D eigenvalue weighted by molar-refractivity contribution is 6.31. The number of ether oxygens (including phenoxy) is 2. The van der Waals surface area contributed by atoms with Gasteiger partial charge in [0.1, 0.15) is 11.5 Å². The summed E-state index contributed by atoms with van der Waals surface area (Å²) in [5.74, 6) is 0.610. The van der Waals surface area contributed by atoms with E-state index in [1.807, 2.05) is 62.4 Å². The smallest absolute Gasteiger partial charge is 0.253 e. The summed E-state index contributed by atoms with van der Waals surface area (Å²) in [5, 5.41) is 27.3. The molecule has 254 valence electrons. The zero-order chi connectivity index (χ0) is 34.5. The van der Waals surface area contributed by atoms with Gasteiger partial charge in [0.2, 0.25) is 0 Å². The average molecular weight is 694 g/mol. The summed E-state index contributed by atoms with van der Waals surface area (Å²) in [7, 11) is 0.